The SMILES string of the molecule is CC/C=C\C/C=C\C/C=C\C/C=C\C/C=C\CCCCCCCCCCCC(=O)OC(COC(=O)CCCCCCC/C=C\CCCCC)COP(=O)([O-])OCC[N+](C)(C)C. The molecule has 0 aromatic carbocycles. The topological polar surface area (TPSA) is 111 Å². The lowest BCUT2D eigenvalue weighted by Crippen LogP contribution is -2.37. The number of carbonyl (C=O) groups is 2. The first-order chi connectivity index (χ1) is 29.5. The number of hydrogen-bond donors (Lipinski definition) is 0. The zero-order chi connectivity index (χ0) is 45.0. The molecule has 0 fully saturated rings. The molecule has 0 saturated carbocycles. The van der Waals surface area contributed by atoms with Crippen LogP contribution in [0.25, 0.3) is 0 Å². The molecule has 0 aromatic heterocycles. The number of ether oxygens (including phenoxy) is 2. The van der Waals surface area contributed by atoms with E-state index in [2.05, 4.69) is 86.8 Å². The van der Waals surface area contributed by atoms with E-state index in [1.54, 1.807) is 0 Å². The third-order valence-corrected chi connectivity index (χ3v) is 10.9. The van der Waals surface area contributed by atoms with Crippen LogP contribution in [0.2, 0.25) is 0 Å². The largest absolute Gasteiger partial charge is 0.756 e. The lowest BCUT2D eigenvalue weighted by molar-refractivity contribution is -0.870. The first kappa shape index (κ1) is 58.5. The van der Waals surface area contributed by atoms with E-state index in [1.165, 1.54) is 51.4 Å². The molecule has 0 radical (unpaired) electrons. The van der Waals surface area contributed by atoms with E-state index in [0.29, 0.717) is 23.9 Å². The van der Waals surface area contributed by atoms with Crippen LogP contribution in [-0.2, 0) is 32.7 Å². The summed E-state index contributed by atoms with van der Waals surface area (Å²) >= 11 is 0. The van der Waals surface area contributed by atoms with Crippen LogP contribution in [0.15, 0.2) is 72.9 Å². The number of likely N-dealkylation sites (N-methyl/N-ethyl adjacent to an activating group) is 1. The number of phosphoric ester groups is 1. The average Bonchev–Trinajstić information content (AvgIpc) is 3.21. The second-order valence-corrected chi connectivity index (χ2v) is 18.5. The van der Waals surface area contributed by atoms with Crippen molar-refractivity contribution in [1.29, 1.82) is 0 Å². The predicted octanol–water partition coefficient (Wildman–Crippen LogP) is 13.6. The van der Waals surface area contributed by atoms with E-state index in [4.69, 9.17) is 18.5 Å². The standard InChI is InChI=1S/C51H90NO8P/c1-6-8-10-12-14-16-18-20-21-22-23-24-25-26-27-28-29-30-31-32-34-36-38-40-42-44-51(54)60-49(48-59-61(55,56)58-46-45-52(3,4)5)47-57-50(53)43-41-39-37-35-33-19-17-15-13-11-9-7-2/h8,10,14-17,20-21,23-24,26-27,49H,6-7,9,11-13,18-19,22,25,28-48H2,1-5H3/b10-8-,16-14-,17-15-,21-20-,24-23-,27-26-. The maximum absolute atomic E-state index is 12.7. The molecular weight excluding hydrogens is 786 g/mol. The van der Waals surface area contributed by atoms with E-state index >= 15 is 0 Å². The fraction of sp³-hybridized carbons (Fsp3) is 0.725. The third-order valence-electron chi connectivity index (χ3n) is 9.96. The summed E-state index contributed by atoms with van der Waals surface area (Å²) in [6, 6.07) is 0. The van der Waals surface area contributed by atoms with Crippen LogP contribution in [0, 0.1) is 0 Å². The number of rotatable bonds is 43. The molecule has 0 heterocycles. The maximum atomic E-state index is 12.7. The maximum Gasteiger partial charge on any atom is 0.306 e. The summed E-state index contributed by atoms with van der Waals surface area (Å²) in [5.74, 6) is -0.856. The number of allylic oxidation sites excluding steroid dienone is 12. The molecule has 61 heavy (non-hydrogen) atoms. The summed E-state index contributed by atoms with van der Waals surface area (Å²) in [7, 11) is 1.15. The molecule has 0 saturated heterocycles. The van der Waals surface area contributed by atoms with Gasteiger partial charge < -0.3 is 27.9 Å². The Bertz CT molecular complexity index is 1270. The Balaban J connectivity index is 4.26. The second-order valence-electron chi connectivity index (χ2n) is 17.1. The zero-order valence-corrected chi connectivity index (χ0v) is 40.5. The van der Waals surface area contributed by atoms with Gasteiger partial charge in [0.2, 0.25) is 0 Å². The van der Waals surface area contributed by atoms with Crippen LogP contribution in [0.1, 0.15) is 187 Å². The number of quaternary nitrogens is 1. The molecule has 0 aliphatic heterocycles. The Kier molecular flexibility index (Phi) is 40.9. The highest BCUT2D eigenvalue weighted by molar-refractivity contribution is 7.45. The van der Waals surface area contributed by atoms with Crippen molar-refractivity contribution < 1.29 is 42.1 Å². The van der Waals surface area contributed by atoms with Crippen LogP contribution >= 0.6 is 7.82 Å². The highest BCUT2D eigenvalue weighted by Gasteiger charge is 2.21. The van der Waals surface area contributed by atoms with Gasteiger partial charge >= 0.3 is 11.9 Å². The summed E-state index contributed by atoms with van der Waals surface area (Å²) in [6.07, 6.45) is 53.6. The molecular formula is C51H90NO8P. The van der Waals surface area contributed by atoms with Crippen LogP contribution in [0.4, 0.5) is 0 Å². The predicted molar refractivity (Wildman–Crippen MR) is 254 cm³/mol. The molecule has 0 spiro atoms. The first-order valence-corrected chi connectivity index (χ1v) is 25.6. The molecule has 2 atom stereocenters. The summed E-state index contributed by atoms with van der Waals surface area (Å²) in [5, 5.41) is 0. The molecule has 2 unspecified atom stereocenters. The molecule has 0 bridgehead atoms. The molecule has 10 heteroatoms. The minimum absolute atomic E-state index is 0.0364. The summed E-state index contributed by atoms with van der Waals surface area (Å²) < 4.78 is 33.9. The van der Waals surface area contributed by atoms with E-state index in [0.717, 1.165) is 96.3 Å². The quantitative estimate of drug-likeness (QED) is 0.0196. The van der Waals surface area contributed by atoms with Crippen molar-refractivity contribution >= 4 is 19.8 Å². The Hall–Kier alpha value is -2.55. The summed E-state index contributed by atoms with van der Waals surface area (Å²) in [6.45, 7) is 4.06. The van der Waals surface area contributed by atoms with E-state index in [-0.39, 0.29) is 26.1 Å². The Morgan fingerprint density at radius 1 is 0.525 bits per heavy atom. The van der Waals surface area contributed by atoms with Gasteiger partial charge in [-0.2, -0.15) is 0 Å². The number of hydrogen-bond acceptors (Lipinski definition) is 8. The van der Waals surface area contributed by atoms with Gasteiger partial charge in [-0.3, -0.25) is 14.2 Å². The highest BCUT2D eigenvalue weighted by atomic mass is 31.2. The lowest BCUT2D eigenvalue weighted by atomic mass is 10.1. The fourth-order valence-electron chi connectivity index (χ4n) is 6.20. The molecule has 0 rings (SSSR count). The number of phosphoric acid groups is 1. The van der Waals surface area contributed by atoms with Crippen LogP contribution in [0.3, 0.4) is 0 Å². The average molecular weight is 876 g/mol. The highest BCUT2D eigenvalue weighted by Crippen LogP contribution is 2.38. The van der Waals surface area contributed by atoms with Crippen molar-refractivity contribution in [1.82, 2.24) is 0 Å². The second kappa shape index (κ2) is 42.7. The summed E-state index contributed by atoms with van der Waals surface area (Å²) in [5.41, 5.74) is 0. The van der Waals surface area contributed by atoms with E-state index in [9.17, 15) is 19.0 Å². The number of carbonyl (C=O) groups excluding carboxylic acids is 2. The zero-order valence-electron chi connectivity index (χ0n) is 39.6. The smallest absolute Gasteiger partial charge is 0.306 e. The van der Waals surface area contributed by atoms with Crippen molar-refractivity contribution in [3.63, 3.8) is 0 Å². The monoisotopic (exact) mass is 876 g/mol. The minimum atomic E-state index is -4.63. The molecule has 0 aliphatic carbocycles. The van der Waals surface area contributed by atoms with Gasteiger partial charge in [-0.05, 0) is 83.5 Å². The fourth-order valence-corrected chi connectivity index (χ4v) is 6.93. The normalized spacial score (nSPS) is 14.1. The van der Waals surface area contributed by atoms with Crippen molar-refractivity contribution in [2.24, 2.45) is 0 Å². The van der Waals surface area contributed by atoms with Crippen molar-refractivity contribution in [2.75, 3.05) is 47.5 Å². The molecule has 9 nitrogen and oxygen atoms in total. The van der Waals surface area contributed by atoms with E-state index < -0.39 is 32.5 Å². The van der Waals surface area contributed by atoms with Gasteiger partial charge in [0.15, 0.2) is 6.10 Å². The number of nitrogens with zero attached hydrogens (tertiary/aromatic N) is 1. The first-order valence-electron chi connectivity index (χ1n) is 24.1. The minimum Gasteiger partial charge on any atom is -0.756 e. The van der Waals surface area contributed by atoms with Gasteiger partial charge in [0, 0.05) is 12.8 Å². The van der Waals surface area contributed by atoms with Crippen molar-refractivity contribution in [3.8, 4) is 0 Å². The molecule has 0 N–H and O–H groups in total. The Morgan fingerprint density at radius 2 is 0.934 bits per heavy atom. The molecule has 352 valence electrons. The van der Waals surface area contributed by atoms with Gasteiger partial charge in [0.05, 0.1) is 27.7 Å². The number of unbranched alkanes of at least 4 members (excludes halogenated alkanes) is 17. The van der Waals surface area contributed by atoms with Crippen molar-refractivity contribution in [2.45, 2.75) is 193 Å². The molecule has 0 aromatic rings. The lowest BCUT2D eigenvalue weighted by Gasteiger charge is -2.28. The number of esters is 2. The van der Waals surface area contributed by atoms with Gasteiger partial charge in [0.25, 0.3) is 7.82 Å². The van der Waals surface area contributed by atoms with Crippen LogP contribution in [0.5, 0.6) is 0 Å². The Morgan fingerprint density at radius 3 is 1.41 bits per heavy atom. The Labute approximate surface area is 374 Å². The summed E-state index contributed by atoms with van der Waals surface area (Å²) in [4.78, 5) is 37.6. The van der Waals surface area contributed by atoms with Crippen molar-refractivity contribution in [3.05, 3.63) is 72.9 Å². The van der Waals surface area contributed by atoms with Gasteiger partial charge in [-0.15, -0.1) is 0 Å². The van der Waals surface area contributed by atoms with Crippen LogP contribution in [-0.4, -0.2) is 70.0 Å². The van der Waals surface area contributed by atoms with Crippen LogP contribution < -0.4 is 4.89 Å². The molecule has 0 amide bonds. The van der Waals surface area contributed by atoms with Gasteiger partial charge in [-0.25, -0.2) is 0 Å². The van der Waals surface area contributed by atoms with Gasteiger partial charge in [-0.1, -0.05) is 164 Å². The third kappa shape index (κ3) is 46.8. The van der Waals surface area contributed by atoms with E-state index in [1.807, 2.05) is 21.1 Å². The molecule has 0 aliphatic rings. The van der Waals surface area contributed by atoms with Gasteiger partial charge in [0.1, 0.15) is 19.8 Å².